The molecular formula is C25H26Cl2N2O2. The third-order valence-corrected chi connectivity index (χ3v) is 6.64. The Morgan fingerprint density at radius 2 is 1.74 bits per heavy atom. The lowest BCUT2D eigenvalue weighted by Gasteiger charge is -2.38. The van der Waals surface area contributed by atoms with Gasteiger partial charge < -0.3 is 9.32 Å². The Morgan fingerprint density at radius 3 is 2.42 bits per heavy atom. The topological polar surface area (TPSA) is 36.7 Å². The first-order chi connectivity index (χ1) is 14.7. The summed E-state index contributed by atoms with van der Waals surface area (Å²) in [7, 11) is 0. The molecule has 2 aliphatic heterocycles. The van der Waals surface area contributed by atoms with Crippen LogP contribution in [0.1, 0.15) is 46.1 Å². The van der Waals surface area contributed by atoms with Gasteiger partial charge in [0.1, 0.15) is 5.76 Å². The molecule has 3 aromatic rings. The molecule has 4 nitrogen and oxygen atoms in total. The van der Waals surface area contributed by atoms with E-state index in [1.165, 1.54) is 5.56 Å². The molecule has 2 aliphatic rings. The normalized spacial score (nSPS) is 18.0. The molecule has 162 valence electrons. The van der Waals surface area contributed by atoms with Gasteiger partial charge in [0.05, 0.1) is 12.3 Å². The number of amides is 1. The molecule has 3 heterocycles. The fourth-order valence-corrected chi connectivity index (χ4v) is 4.94. The molecule has 0 aliphatic carbocycles. The van der Waals surface area contributed by atoms with Crippen LogP contribution in [0.4, 0.5) is 0 Å². The highest BCUT2D eigenvalue weighted by Crippen LogP contribution is 2.34. The number of likely N-dealkylation sites (tertiary alicyclic amines) is 1. The SMILES string of the molecule is Cl.O=C1c2ccccc2CN1CC1CCN(C(c2ccc(Cl)cc2)c2ccco2)CC1. The number of benzene rings is 2. The fourth-order valence-electron chi connectivity index (χ4n) is 4.81. The molecule has 0 spiro atoms. The molecule has 0 saturated carbocycles. The number of fused-ring (bicyclic) bond motifs is 1. The lowest BCUT2D eigenvalue weighted by molar-refractivity contribution is 0.0693. The molecular weight excluding hydrogens is 431 g/mol. The van der Waals surface area contributed by atoms with Crippen molar-refractivity contribution in [3.05, 3.63) is 94.4 Å². The van der Waals surface area contributed by atoms with Gasteiger partial charge in [-0.15, -0.1) is 12.4 Å². The number of furan rings is 1. The molecule has 6 heteroatoms. The zero-order valence-corrected chi connectivity index (χ0v) is 18.8. The Morgan fingerprint density at radius 1 is 1.00 bits per heavy atom. The summed E-state index contributed by atoms with van der Waals surface area (Å²) in [6.45, 7) is 3.55. The van der Waals surface area contributed by atoms with Crippen molar-refractivity contribution in [3.63, 3.8) is 0 Å². The largest absolute Gasteiger partial charge is 0.467 e. The number of halogens is 2. The molecule has 0 radical (unpaired) electrons. The summed E-state index contributed by atoms with van der Waals surface area (Å²) in [5.74, 6) is 1.67. The standard InChI is InChI=1S/C25H25ClN2O2.ClH/c26-21-9-7-19(8-10-21)24(23-6-3-15-30-23)27-13-11-18(12-14-27)16-28-17-20-4-1-2-5-22(20)25(28)29;/h1-10,15,18,24H,11-14,16-17H2;1H. The molecule has 1 unspecified atom stereocenters. The third-order valence-electron chi connectivity index (χ3n) is 6.39. The van der Waals surface area contributed by atoms with Crippen molar-refractivity contribution in [1.29, 1.82) is 0 Å². The van der Waals surface area contributed by atoms with Crippen molar-refractivity contribution >= 4 is 29.9 Å². The molecule has 1 saturated heterocycles. The smallest absolute Gasteiger partial charge is 0.254 e. The third kappa shape index (κ3) is 4.52. The van der Waals surface area contributed by atoms with E-state index in [2.05, 4.69) is 23.1 Å². The molecule has 0 N–H and O–H groups in total. The molecule has 31 heavy (non-hydrogen) atoms. The van der Waals surface area contributed by atoms with Crippen molar-refractivity contribution in [3.8, 4) is 0 Å². The van der Waals surface area contributed by atoms with Crippen molar-refractivity contribution in [2.75, 3.05) is 19.6 Å². The predicted molar refractivity (Wildman–Crippen MR) is 125 cm³/mol. The summed E-state index contributed by atoms with van der Waals surface area (Å²) in [5, 5.41) is 0.743. The van der Waals surface area contributed by atoms with Crippen LogP contribution in [0.5, 0.6) is 0 Å². The molecule has 5 rings (SSSR count). The van der Waals surface area contributed by atoms with Crippen LogP contribution in [-0.2, 0) is 6.54 Å². The fraction of sp³-hybridized carbons (Fsp3) is 0.320. The Bertz CT molecular complexity index is 1010. The minimum absolute atomic E-state index is 0. The number of hydrogen-bond donors (Lipinski definition) is 0. The maximum atomic E-state index is 12.7. The van der Waals surface area contributed by atoms with E-state index in [4.69, 9.17) is 16.0 Å². The Kier molecular flexibility index (Phi) is 6.71. The number of hydrogen-bond acceptors (Lipinski definition) is 3. The van der Waals surface area contributed by atoms with E-state index in [0.717, 1.165) is 60.9 Å². The van der Waals surface area contributed by atoms with Crippen molar-refractivity contribution < 1.29 is 9.21 Å². The zero-order valence-electron chi connectivity index (χ0n) is 17.2. The van der Waals surface area contributed by atoms with Crippen LogP contribution in [-0.4, -0.2) is 35.3 Å². The summed E-state index contributed by atoms with van der Waals surface area (Å²) >= 11 is 6.10. The van der Waals surface area contributed by atoms with E-state index < -0.39 is 0 Å². The summed E-state index contributed by atoms with van der Waals surface area (Å²) in [6, 6.07) is 20.1. The van der Waals surface area contributed by atoms with Gasteiger partial charge in [-0.05, 0) is 73.3 Å². The molecule has 2 aromatic carbocycles. The van der Waals surface area contributed by atoms with Crippen LogP contribution < -0.4 is 0 Å². The summed E-state index contributed by atoms with van der Waals surface area (Å²) in [4.78, 5) is 17.2. The summed E-state index contributed by atoms with van der Waals surface area (Å²) in [5.41, 5.74) is 3.22. The molecule has 1 fully saturated rings. The second-order valence-electron chi connectivity index (χ2n) is 8.29. The van der Waals surface area contributed by atoms with Crippen LogP contribution >= 0.6 is 24.0 Å². The Labute approximate surface area is 194 Å². The van der Waals surface area contributed by atoms with Crippen LogP contribution in [0.15, 0.2) is 71.3 Å². The van der Waals surface area contributed by atoms with Gasteiger partial charge in [-0.1, -0.05) is 41.9 Å². The van der Waals surface area contributed by atoms with E-state index in [9.17, 15) is 4.79 Å². The number of rotatable bonds is 5. The van der Waals surface area contributed by atoms with Crippen LogP contribution in [0.25, 0.3) is 0 Å². The van der Waals surface area contributed by atoms with Crippen LogP contribution in [0, 0.1) is 5.92 Å². The average molecular weight is 457 g/mol. The number of nitrogens with zero attached hydrogens (tertiary/aromatic N) is 2. The quantitative estimate of drug-likeness (QED) is 0.485. The second-order valence-corrected chi connectivity index (χ2v) is 8.73. The first kappa shape index (κ1) is 21.9. The molecule has 1 amide bonds. The highest BCUT2D eigenvalue weighted by molar-refractivity contribution is 6.30. The van der Waals surface area contributed by atoms with E-state index in [-0.39, 0.29) is 24.4 Å². The number of piperidine rings is 1. The highest BCUT2D eigenvalue weighted by atomic mass is 35.5. The van der Waals surface area contributed by atoms with Crippen molar-refractivity contribution in [2.45, 2.75) is 25.4 Å². The van der Waals surface area contributed by atoms with E-state index in [1.807, 2.05) is 47.4 Å². The van der Waals surface area contributed by atoms with Gasteiger partial charge >= 0.3 is 0 Å². The summed E-state index contributed by atoms with van der Waals surface area (Å²) < 4.78 is 5.79. The van der Waals surface area contributed by atoms with Gasteiger partial charge in [0.25, 0.3) is 5.91 Å². The zero-order chi connectivity index (χ0) is 20.5. The maximum absolute atomic E-state index is 12.7. The lowest BCUT2D eigenvalue weighted by atomic mass is 9.93. The van der Waals surface area contributed by atoms with E-state index >= 15 is 0 Å². The minimum Gasteiger partial charge on any atom is -0.467 e. The average Bonchev–Trinajstić information content (AvgIpc) is 3.40. The predicted octanol–water partition coefficient (Wildman–Crippen LogP) is 5.81. The first-order valence-electron chi connectivity index (χ1n) is 10.6. The van der Waals surface area contributed by atoms with E-state index in [0.29, 0.717) is 5.92 Å². The highest BCUT2D eigenvalue weighted by Gasteiger charge is 2.32. The van der Waals surface area contributed by atoms with Gasteiger partial charge in [-0.2, -0.15) is 0 Å². The Hall–Kier alpha value is -2.27. The van der Waals surface area contributed by atoms with Gasteiger partial charge in [0, 0.05) is 23.7 Å². The first-order valence-corrected chi connectivity index (χ1v) is 11.0. The van der Waals surface area contributed by atoms with Crippen molar-refractivity contribution in [2.24, 2.45) is 5.92 Å². The van der Waals surface area contributed by atoms with Gasteiger partial charge in [0.2, 0.25) is 0 Å². The molecule has 0 bridgehead atoms. The summed E-state index contributed by atoms with van der Waals surface area (Å²) in [6.07, 6.45) is 3.89. The Balaban J connectivity index is 0.00000231. The number of carbonyl (C=O) groups is 1. The molecule has 1 atom stereocenters. The lowest BCUT2D eigenvalue weighted by Crippen LogP contribution is -2.40. The van der Waals surface area contributed by atoms with Crippen LogP contribution in [0.3, 0.4) is 0 Å². The number of carbonyl (C=O) groups excluding carboxylic acids is 1. The van der Waals surface area contributed by atoms with E-state index in [1.54, 1.807) is 6.26 Å². The van der Waals surface area contributed by atoms with Crippen LogP contribution in [0.2, 0.25) is 5.02 Å². The molecule has 1 aromatic heterocycles. The van der Waals surface area contributed by atoms with Gasteiger partial charge in [-0.25, -0.2) is 0 Å². The maximum Gasteiger partial charge on any atom is 0.254 e. The second kappa shape index (κ2) is 9.47. The monoisotopic (exact) mass is 456 g/mol. The van der Waals surface area contributed by atoms with Crippen molar-refractivity contribution in [1.82, 2.24) is 9.80 Å². The van der Waals surface area contributed by atoms with Gasteiger partial charge in [-0.3, -0.25) is 9.69 Å². The van der Waals surface area contributed by atoms with Gasteiger partial charge in [0.15, 0.2) is 0 Å². The minimum atomic E-state index is 0.